The maximum atomic E-state index is 12.6. The fourth-order valence-electron chi connectivity index (χ4n) is 5.77. The van der Waals surface area contributed by atoms with Crippen LogP contribution in [-0.2, 0) is 9.59 Å². The molecule has 2 aliphatic carbocycles. The van der Waals surface area contributed by atoms with Crippen LogP contribution < -0.4 is 0 Å². The molecule has 0 radical (unpaired) electrons. The van der Waals surface area contributed by atoms with Crippen molar-refractivity contribution < 1.29 is 19.8 Å². The number of hydrogen-bond donors (Lipinski definition) is 2. The summed E-state index contributed by atoms with van der Waals surface area (Å²) in [4.78, 5) is 23.6. The highest BCUT2D eigenvalue weighted by molar-refractivity contribution is 5.76. The van der Waals surface area contributed by atoms with Crippen LogP contribution in [0, 0.1) is 29.1 Å². The molecule has 2 N–H and O–H groups in total. The third kappa shape index (κ3) is 3.94. The van der Waals surface area contributed by atoms with Gasteiger partial charge in [0.1, 0.15) is 0 Å². The van der Waals surface area contributed by atoms with E-state index >= 15 is 0 Å². The number of aliphatic carboxylic acids is 2. The number of carbonyl (C=O) groups is 2. The van der Waals surface area contributed by atoms with Crippen LogP contribution in [-0.4, -0.2) is 22.2 Å². The van der Waals surface area contributed by atoms with Gasteiger partial charge >= 0.3 is 11.9 Å². The molecule has 0 spiro atoms. The Hall–Kier alpha value is -1.06. The number of carboxylic acid groups (broad SMARTS) is 2. The molecule has 0 aliphatic heterocycles. The van der Waals surface area contributed by atoms with Gasteiger partial charge in [-0.25, -0.2) is 0 Å². The lowest BCUT2D eigenvalue weighted by Gasteiger charge is -2.50. The highest BCUT2D eigenvalue weighted by Gasteiger charge is 2.54. The highest BCUT2D eigenvalue weighted by atomic mass is 16.4. The van der Waals surface area contributed by atoms with Gasteiger partial charge in [0.2, 0.25) is 0 Å². The standard InChI is InChI=1S/C20H34O4/c1-14-8-3-5-10-16(14)20(19(23)24,13-7-12-18(21)22)17-11-6-4-9-15(17)2/h14-17H,3-13H2,1-2H3,(H,21,22)(H,23,24). The molecule has 0 aromatic rings. The quantitative estimate of drug-likeness (QED) is 0.687. The van der Waals surface area contributed by atoms with Crippen LogP contribution in [0.2, 0.25) is 0 Å². The molecule has 0 aromatic heterocycles. The van der Waals surface area contributed by atoms with E-state index in [9.17, 15) is 14.7 Å². The van der Waals surface area contributed by atoms with Gasteiger partial charge in [-0.15, -0.1) is 0 Å². The Balaban J connectivity index is 2.34. The summed E-state index contributed by atoms with van der Waals surface area (Å²) < 4.78 is 0. The molecule has 2 aliphatic rings. The smallest absolute Gasteiger partial charge is 0.310 e. The SMILES string of the molecule is CC1CCCCC1C(CCCC(=O)O)(C(=O)O)C1CCCCC1C. The molecule has 0 aromatic carbocycles. The molecular formula is C20H34O4. The largest absolute Gasteiger partial charge is 0.481 e. The molecule has 2 rings (SSSR count). The monoisotopic (exact) mass is 338 g/mol. The van der Waals surface area contributed by atoms with Gasteiger partial charge in [-0.05, 0) is 49.4 Å². The molecule has 2 fully saturated rings. The molecule has 4 nitrogen and oxygen atoms in total. The Kier molecular flexibility index (Phi) is 6.70. The first-order chi connectivity index (χ1) is 11.4. The predicted octanol–water partition coefficient (Wildman–Crippen LogP) is 4.96. The minimum atomic E-state index is -0.817. The van der Waals surface area contributed by atoms with Gasteiger partial charge in [0, 0.05) is 6.42 Å². The van der Waals surface area contributed by atoms with Crippen LogP contribution in [0.3, 0.4) is 0 Å². The third-order valence-electron chi connectivity index (χ3n) is 6.93. The second kappa shape index (κ2) is 8.35. The highest BCUT2D eigenvalue weighted by Crippen LogP contribution is 2.55. The molecule has 0 bridgehead atoms. The average molecular weight is 338 g/mol. The van der Waals surface area contributed by atoms with E-state index in [-0.39, 0.29) is 18.3 Å². The Morgan fingerprint density at radius 3 is 1.71 bits per heavy atom. The summed E-state index contributed by atoms with van der Waals surface area (Å²) in [5, 5.41) is 19.4. The molecule has 138 valence electrons. The van der Waals surface area contributed by atoms with Crippen molar-refractivity contribution in [1.29, 1.82) is 0 Å². The van der Waals surface area contributed by atoms with E-state index in [0.29, 0.717) is 24.7 Å². The van der Waals surface area contributed by atoms with E-state index in [1.807, 2.05) is 0 Å². The first-order valence-electron chi connectivity index (χ1n) is 9.84. The van der Waals surface area contributed by atoms with E-state index < -0.39 is 17.4 Å². The summed E-state index contributed by atoms with van der Waals surface area (Å²) in [5.41, 5.74) is -0.727. The molecule has 4 unspecified atom stereocenters. The van der Waals surface area contributed by atoms with Crippen LogP contribution >= 0.6 is 0 Å². The van der Waals surface area contributed by atoms with Gasteiger partial charge in [-0.2, -0.15) is 0 Å². The van der Waals surface area contributed by atoms with Crippen molar-refractivity contribution in [2.24, 2.45) is 29.1 Å². The van der Waals surface area contributed by atoms with Crippen molar-refractivity contribution in [3.05, 3.63) is 0 Å². The number of carboxylic acids is 2. The lowest BCUT2D eigenvalue weighted by Crippen LogP contribution is -2.51. The molecule has 0 amide bonds. The predicted molar refractivity (Wildman–Crippen MR) is 93.8 cm³/mol. The van der Waals surface area contributed by atoms with Crippen molar-refractivity contribution in [3.63, 3.8) is 0 Å². The van der Waals surface area contributed by atoms with E-state index in [4.69, 9.17) is 5.11 Å². The Bertz CT molecular complexity index is 423. The maximum Gasteiger partial charge on any atom is 0.310 e. The molecule has 2 saturated carbocycles. The zero-order valence-corrected chi connectivity index (χ0v) is 15.3. The molecular weight excluding hydrogens is 304 g/mol. The van der Waals surface area contributed by atoms with Crippen molar-refractivity contribution in [1.82, 2.24) is 0 Å². The summed E-state index contributed by atoms with van der Waals surface area (Å²) in [6.45, 7) is 4.43. The molecule has 24 heavy (non-hydrogen) atoms. The minimum Gasteiger partial charge on any atom is -0.481 e. The fourth-order valence-corrected chi connectivity index (χ4v) is 5.77. The molecule has 4 atom stereocenters. The summed E-state index contributed by atoms with van der Waals surface area (Å²) in [6, 6.07) is 0. The van der Waals surface area contributed by atoms with Gasteiger partial charge in [0.25, 0.3) is 0 Å². The second-order valence-corrected chi connectivity index (χ2v) is 8.33. The average Bonchev–Trinajstić information content (AvgIpc) is 2.53. The third-order valence-corrected chi connectivity index (χ3v) is 6.93. The van der Waals surface area contributed by atoms with E-state index in [2.05, 4.69) is 13.8 Å². The van der Waals surface area contributed by atoms with Gasteiger partial charge in [-0.1, -0.05) is 52.4 Å². The van der Waals surface area contributed by atoms with Gasteiger partial charge in [0.05, 0.1) is 5.41 Å². The van der Waals surface area contributed by atoms with Crippen LogP contribution in [0.5, 0.6) is 0 Å². The summed E-state index contributed by atoms with van der Waals surface area (Å²) in [7, 11) is 0. The van der Waals surface area contributed by atoms with Crippen molar-refractivity contribution in [3.8, 4) is 0 Å². The molecule has 4 heteroatoms. The fraction of sp³-hybridized carbons (Fsp3) is 0.900. The Labute approximate surface area is 146 Å². The summed E-state index contributed by atoms with van der Waals surface area (Å²) in [5.74, 6) is -0.234. The van der Waals surface area contributed by atoms with Gasteiger partial charge in [-0.3, -0.25) is 9.59 Å². The Morgan fingerprint density at radius 2 is 1.33 bits per heavy atom. The van der Waals surface area contributed by atoms with Crippen LogP contribution in [0.1, 0.15) is 84.5 Å². The topological polar surface area (TPSA) is 74.6 Å². The lowest BCUT2D eigenvalue weighted by atomic mass is 9.52. The van der Waals surface area contributed by atoms with E-state index in [1.54, 1.807) is 0 Å². The first kappa shape index (κ1) is 19.3. The maximum absolute atomic E-state index is 12.6. The van der Waals surface area contributed by atoms with Crippen molar-refractivity contribution >= 4 is 11.9 Å². The van der Waals surface area contributed by atoms with Gasteiger partial charge < -0.3 is 10.2 Å². The zero-order valence-electron chi connectivity index (χ0n) is 15.3. The lowest BCUT2D eigenvalue weighted by molar-refractivity contribution is -0.167. The van der Waals surface area contributed by atoms with Crippen LogP contribution in [0.25, 0.3) is 0 Å². The second-order valence-electron chi connectivity index (χ2n) is 8.33. The molecule has 0 saturated heterocycles. The molecule has 0 heterocycles. The Morgan fingerprint density at radius 1 is 0.875 bits per heavy atom. The summed E-state index contributed by atoms with van der Waals surface area (Å²) in [6.07, 6.45) is 9.91. The van der Waals surface area contributed by atoms with Crippen LogP contribution in [0.15, 0.2) is 0 Å². The van der Waals surface area contributed by atoms with Gasteiger partial charge in [0.15, 0.2) is 0 Å². The van der Waals surface area contributed by atoms with E-state index in [0.717, 1.165) is 38.5 Å². The van der Waals surface area contributed by atoms with E-state index in [1.165, 1.54) is 12.8 Å². The summed E-state index contributed by atoms with van der Waals surface area (Å²) >= 11 is 0. The number of rotatable bonds is 7. The van der Waals surface area contributed by atoms with Crippen molar-refractivity contribution in [2.45, 2.75) is 84.5 Å². The van der Waals surface area contributed by atoms with Crippen LogP contribution in [0.4, 0.5) is 0 Å². The minimum absolute atomic E-state index is 0.0806. The normalized spacial score (nSPS) is 33.6. The van der Waals surface area contributed by atoms with Crippen molar-refractivity contribution in [2.75, 3.05) is 0 Å². The number of hydrogen-bond acceptors (Lipinski definition) is 2. The first-order valence-corrected chi connectivity index (χ1v) is 9.84. The zero-order chi connectivity index (χ0) is 17.7.